The second kappa shape index (κ2) is 9.39. The fourth-order valence-corrected chi connectivity index (χ4v) is 4.02. The predicted molar refractivity (Wildman–Crippen MR) is 136 cm³/mol. The molecule has 168 valence electrons. The number of fused-ring (bicyclic) bond motifs is 1. The summed E-state index contributed by atoms with van der Waals surface area (Å²) in [6, 6.07) is 21.3. The van der Waals surface area contributed by atoms with Gasteiger partial charge in [0.1, 0.15) is 17.0 Å². The summed E-state index contributed by atoms with van der Waals surface area (Å²) >= 11 is 18.5. The fraction of sp³-hybridized carbons (Fsp3) is 0. The van der Waals surface area contributed by atoms with Crippen molar-refractivity contribution in [2.24, 2.45) is 0 Å². The summed E-state index contributed by atoms with van der Waals surface area (Å²) in [5.41, 5.74) is 3.26. The molecular formula is C26H15Cl3N2O3. The molecule has 8 heteroatoms. The molecular weight excluding hydrogens is 495 g/mol. The van der Waals surface area contributed by atoms with Gasteiger partial charge in [0, 0.05) is 22.2 Å². The Hall–Kier alpha value is -3.51. The lowest BCUT2D eigenvalue weighted by Gasteiger charge is -2.06. The molecule has 0 radical (unpaired) electrons. The topological polar surface area (TPSA) is 68.3 Å². The summed E-state index contributed by atoms with van der Waals surface area (Å²) in [7, 11) is 0. The molecule has 5 aromatic rings. The number of nitrogens with one attached hydrogen (secondary N) is 1. The van der Waals surface area contributed by atoms with Crippen molar-refractivity contribution in [3.8, 4) is 22.8 Å². The summed E-state index contributed by atoms with van der Waals surface area (Å²) in [6.45, 7) is 0. The first-order valence-corrected chi connectivity index (χ1v) is 11.3. The van der Waals surface area contributed by atoms with Crippen LogP contribution < -0.4 is 5.32 Å². The van der Waals surface area contributed by atoms with Gasteiger partial charge in [0.15, 0.2) is 5.58 Å². The van der Waals surface area contributed by atoms with Crippen LogP contribution in [0.2, 0.25) is 15.1 Å². The summed E-state index contributed by atoms with van der Waals surface area (Å²) < 4.78 is 11.6. The van der Waals surface area contributed by atoms with Crippen molar-refractivity contribution in [2.45, 2.75) is 0 Å². The van der Waals surface area contributed by atoms with Gasteiger partial charge in [-0.15, -0.1) is 0 Å². The molecule has 5 nitrogen and oxygen atoms in total. The van der Waals surface area contributed by atoms with Crippen molar-refractivity contribution in [1.82, 2.24) is 4.98 Å². The number of hydrogen-bond acceptors (Lipinski definition) is 4. The Morgan fingerprint density at radius 3 is 2.56 bits per heavy atom. The number of aromatic nitrogens is 1. The largest absolute Gasteiger partial charge is 0.457 e. The maximum atomic E-state index is 12.5. The quantitative estimate of drug-likeness (QED) is 0.242. The molecule has 34 heavy (non-hydrogen) atoms. The Labute approximate surface area is 209 Å². The van der Waals surface area contributed by atoms with Crippen LogP contribution in [0.5, 0.6) is 0 Å². The Balaban J connectivity index is 1.32. The normalized spacial score (nSPS) is 11.4. The van der Waals surface area contributed by atoms with Gasteiger partial charge in [0.05, 0.1) is 15.7 Å². The highest BCUT2D eigenvalue weighted by molar-refractivity contribution is 6.36. The maximum Gasteiger partial charge on any atom is 0.248 e. The first kappa shape index (κ1) is 22.3. The molecule has 0 fully saturated rings. The highest BCUT2D eigenvalue weighted by Crippen LogP contribution is 2.32. The second-order valence-corrected chi connectivity index (χ2v) is 8.58. The summed E-state index contributed by atoms with van der Waals surface area (Å²) in [5.74, 6) is 1.12. The number of amides is 1. The zero-order valence-electron chi connectivity index (χ0n) is 17.4. The van der Waals surface area contributed by atoms with E-state index in [1.165, 1.54) is 6.08 Å². The number of rotatable bonds is 5. The van der Waals surface area contributed by atoms with Crippen LogP contribution >= 0.6 is 34.8 Å². The van der Waals surface area contributed by atoms with E-state index < -0.39 is 0 Å². The number of benzene rings is 3. The van der Waals surface area contributed by atoms with Crippen molar-refractivity contribution in [2.75, 3.05) is 5.32 Å². The zero-order valence-corrected chi connectivity index (χ0v) is 19.7. The molecule has 0 spiro atoms. The first-order valence-electron chi connectivity index (χ1n) is 10.2. The van der Waals surface area contributed by atoms with Gasteiger partial charge in [-0.2, -0.15) is 0 Å². The third-order valence-electron chi connectivity index (χ3n) is 4.99. The lowest BCUT2D eigenvalue weighted by Crippen LogP contribution is -2.08. The standard InChI is InChI=1S/C26H15Cl3N2O3/c27-16-6-9-18(20(29)14-16)23-11-7-17(33-23)8-12-25(32)30-22-13-15(5-10-19(22)28)26-31-21-3-1-2-4-24(21)34-26/h1-14H,(H,30,32)/b12-8+. The van der Waals surface area contributed by atoms with Crippen molar-refractivity contribution >= 4 is 63.6 Å². The average molecular weight is 510 g/mol. The van der Waals surface area contributed by atoms with Gasteiger partial charge in [0.25, 0.3) is 0 Å². The van der Waals surface area contributed by atoms with E-state index in [9.17, 15) is 4.79 Å². The Morgan fingerprint density at radius 2 is 1.74 bits per heavy atom. The van der Waals surface area contributed by atoms with Crippen molar-refractivity contribution in [3.63, 3.8) is 0 Å². The van der Waals surface area contributed by atoms with E-state index in [4.69, 9.17) is 43.6 Å². The Morgan fingerprint density at radius 1 is 0.882 bits per heavy atom. The average Bonchev–Trinajstić information content (AvgIpc) is 3.46. The minimum atomic E-state index is -0.376. The van der Waals surface area contributed by atoms with Gasteiger partial charge < -0.3 is 14.2 Å². The molecule has 0 bridgehead atoms. The lowest BCUT2D eigenvalue weighted by molar-refractivity contribution is -0.111. The van der Waals surface area contributed by atoms with E-state index in [0.717, 1.165) is 5.52 Å². The van der Waals surface area contributed by atoms with Crippen LogP contribution in [-0.2, 0) is 4.79 Å². The summed E-state index contributed by atoms with van der Waals surface area (Å²) in [6.07, 6.45) is 2.91. The Bertz CT molecular complexity index is 1520. The van der Waals surface area contributed by atoms with Gasteiger partial charge in [-0.05, 0) is 66.7 Å². The number of halogens is 3. The number of oxazole rings is 1. The molecule has 0 unspecified atom stereocenters. The lowest BCUT2D eigenvalue weighted by atomic mass is 10.2. The molecule has 2 aromatic heterocycles. The monoisotopic (exact) mass is 508 g/mol. The van der Waals surface area contributed by atoms with E-state index in [1.54, 1.807) is 54.6 Å². The highest BCUT2D eigenvalue weighted by atomic mass is 35.5. The van der Waals surface area contributed by atoms with E-state index in [0.29, 0.717) is 54.9 Å². The molecule has 1 amide bonds. The summed E-state index contributed by atoms with van der Waals surface area (Å²) in [5, 5.41) is 4.18. The zero-order chi connectivity index (χ0) is 23.7. The number of carbonyl (C=O) groups is 1. The fourth-order valence-electron chi connectivity index (χ4n) is 3.36. The van der Waals surface area contributed by atoms with Crippen LogP contribution in [-0.4, -0.2) is 10.9 Å². The van der Waals surface area contributed by atoms with Crippen molar-refractivity contribution < 1.29 is 13.6 Å². The highest BCUT2D eigenvalue weighted by Gasteiger charge is 2.12. The number of carbonyl (C=O) groups excluding carboxylic acids is 1. The van der Waals surface area contributed by atoms with E-state index >= 15 is 0 Å². The number of anilines is 1. The minimum Gasteiger partial charge on any atom is -0.457 e. The first-order chi connectivity index (χ1) is 16.5. The van der Waals surface area contributed by atoms with E-state index in [2.05, 4.69) is 10.3 Å². The third-order valence-corrected chi connectivity index (χ3v) is 5.86. The molecule has 0 saturated heterocycles. The maximum absolute atomic E-state index is 12.5. The number of para-hydroxylation sites is 2. The van der Waals surface area contributed by atoms with Gasteiger partial charge in [-0.1, -0.05) is 46.9 Å². The molecule has 1 N–H and O–H groups in total. The Kier molecular flexibility index (Phi) is 6.16. The summed E-state index contributed by atoms with van der Waals surface area (Å²) in [4.78, 5) is 17.0. The van der Waals surface area contributed by atoms with E-state index in [1.807, 2.05) is 24.3 Å². The SMILES string of the molecule is O=C(/C=C/c1ccc(-c2ccc(Cl)cc2Cl)o1)Nc1cc(-c2nc3ccccc3o2)ccc1Cl. The van der Waals surface area contributed by atoms with Crippen molar-refractivity contribution in [1.29, 1.82) is 0 Å². The van der Waals surface area contributed by atoms with Crippen LogP contribution in [0.1, 0.15) is 5.76 Å². The molecule has 0 saturated carbocycles. The number of nitrogens with zero attached hydrogens (tertiary/aromatic N) is 1. The number of furan rings is 1. The predicted octanol–water partition coefficient (Wildman–Crippen LogP) is 8.37. The smallest absolute Gasteiger partial charge is 0.248 e. The van der Waals surface area contributed by atoms with Gasteiger partial charge >= 0.3 is 0 Å². The number of hydrogen-bond donors (Lipinski definition) is 1. The molecule has 0 aliphatic heterocycles. The van der Waals surface area contributed by atoms with Gasteiger partial charge in [-0.25, -0.2) is 4.98 Å². The van der Waals surface area contributed by atoms with Gasteiger partial charge in [0.2, 0.25) is 11.8 Å². The van der Waals surface area contributed by atoms with Crippen LogP contribution in [0, 0.1) is 0 Å². The molecule has 0 atom stereocenters. The molecule has 0 aliphatic rings. The van der Waals surface area contributed by atoms with E-state index in [-0.39, 0.29) is 5.91 Å². The second-order valence-electron chi connectivity index (χ2n) is 7.33. The van der Waals surface area contributed by atoms with Crippen LogP contribution in [0.15, 0.2) is 87.7 Å². The van der Waals surface area contributed by atoms with Crippen LogP contribution in [0.25, 0.3) is 40.0 Å². The van der Waals surface area contributed by atoms with Crippen LogP contribution in [0.3, 0.4) is 0 Å². The van der Waals surface area contributed by atoms with Crippen LogP contribution in [0.4, 0.5) is 5.69 Å². The van der Waals surface area contributed by atoms with Gasteiger partial charge in [-0.3, -0.25) is 4.79 Å². The molecule has 2 heterocycles. The molecule has 0 aliphatic carbocycles. The minimum absolute atomic E-state index is 0.376. The third kappa shape index (κ3) is 4.73. The molecule has 3 aromatic carbocycles. The molecule has 5 rings (SSSR count). The van der Waals surface area contributed by atoms with Crippen molar-refractivity contribution in [3.05, 3.63) is 99.7 Å².